The van der Waals surface area contributed by atoms with E-state index in [0.717, 1.165) is 6.42 Å². The summed E-state index contributed by atoms with van der Waals surface area (Å²) in [6.07, 6.45) is 10.5. The second-order valence-corrected chi connectivity index (χ2v) is 7.58. The van der Waals surface area contributed by atoms with Gasteiger partial charge >= 0.3 is 0 Å². The molecule has 26 heavy (non-hydrogen) atoms. The lowest BCUT2D eigenvalue weighted by Gasteiger charge is -2.38. The smallest absolute Gasteiger partial charge is 0.253 e. The number of pyridine rings is 1. The minimum atomic E-state index is -0.178. The van der Waals surface area contributed by atoms with E-state index in [0.29, 0.717) is 37.4 Å². The van der Waals surface area contributed by atoms with Crippen LogP contribution in [-0.4, -0.2) is 52.5 Å². The van der Waals surface area contributed by atoms with Crippen LogP contribution in [0.4, 0.5) is 0 Å². The first kappa shape index (κ1) is 18.8. The van der Waals surface area contributed by atoms with E-state index in [1.54, 1.807) is 18.3 Å². The molecule has 0 unspecified atom stereocenters. The van der Waals surface area contributed by atoms with Crippen LogP contribution in [-0.2, 0) is 4.79 Å². The summed E-state index contributed by atoms with van der Waals surface area (Å²) in [6, 6.07) is 3.33. The lowest BCUT2D eigenvalue weighted by atomic mass is 9.91. The van der Waals surface area contributed by atoms with Crippen molar-refractivity contribution in [3.63, 3.8) is 0 Å². The molecule has 6 nitrogen and oxygen atoms in total. The molecule has 1 saturated heterocycles. The molecule has 1 saturated carbocycles. The van der Waals surface area contributed by atoms with E-state index in [9.17, 15) is 14.7 Å². The maximum Gasteiger partial charge on any atom is 0.253 e. The summed E-state index contributed by atoms with van der Waals surface area (Å²) < 4.78 is 0. The molecule has 1 aliphatic heterocycles. The van der Waals surface area contributed by atoms with Crippen molar-refractivity contribution in [1.82, 2.24) is 15.2 Å². The quantitative estimate of drug-likeness (QED) is 0.814. The maximum absolute atomic E-state index is 12.5. The van der Waals surface area contributed by atoms with E-state index >= 15 is 0 Å². The molecule has 2 fully saturated rings. The SMILES string of the molecule is O=C(N[C@@H]1CCN(C(=O)CCC2CCCC2)C[C@@H]1CO)c1cccnc1. The lowest BCUT2D eigenvalue weighted by molar-refractivity contribution is -0.134. The van der Waals surface area contributed by atoms with Gasteiger partial charge in [-0.25, -0.2) is 0 Å². The molecule has 2 aliphatic rings. The van der Waals surface area contributed by atoms with Crippen LogP contribution in [0.15, 0.2) is 24.5 Å². The zero-order valence-corrected chi connectivity index (χ0v) is 15.3. The van der Waals surface area contributed by atoms with Crippen LogP contribution in [0.3, 0.4) is 0 Å². The highest BCUT2D eigenvalue weighted by molar-refractivity contribution is 5.94. The third-order valence-corrected chi connectivity index (χ3v) is 5.80. The fourth-order valence-corrected chi connectivity index (χ4v) is 4.17. The van der Waals surface area contributed by atoms with Gasteiger partial charge < -0.3 is 15.3 Å². The standard InChI is InChI=1S/C20H29N3O3/c24-14-17-13-23(19(25)8-7-15-4-1-2-5-15)11-9-18(17)22-20(26)16-6-3-10-21-12-16/h3,6,10,12,15,17-18,24H,1-2,4-5,7-9,11,13-14H2,(H,22,26)/t17-,18-/m1/s1. The van der Waals surface area contributed by atoms with Gasteiger partial charge in [-0.2, -0.15) is 0 Å². The molecular formula is C20H29N3O3. The largest absolute Gasteiger partial charge is 0.396 e. The van der Waals surface area contributed by atoms with Gasteiger partial charge in [-0.1, -0.05) is 25.7 Å². The van der Waals surface area contributed by atoms with Gasteiger partial charge in [-0.15, -0.1) is 0 Å². The summed E-state index contributed by atoms with van der Waals surface area (Å²) in [6.45, 7) is 1.11. The molecule has 1 aromatic rings. The molecule has 0 radical (unpaired) electrons. The fourth-order valence-electron chi connectivity index (χ4n) is 4.17. The zero-order valence-electron chi connectivity index (χ0n) is 15.3. The third kappa shape index (κ3) is 4.81. The van der Waals surface area contributed by atoms with E-state index in [2.05, 4.69) is 10.3 Å². The summed E-state index contributed by atoms with van der Waals surface area (Å²) in [4.78, 5) is 30.7. The molecule has 0 aromatic carbocycles. The van der Waals surface area contributed by atoms with Gasteiger partial charge in [0.2, 0.25) is 5.91 Å². The Labute approximate surface area is 155 Å². The molecule has 0 bridgehead atoms. The van der Waals surface area contributed by atoms with Gasteiger partial charge in [0, 0.05) is 50.5 Å². The number of aromatic nitrogens is 1. The molecule has 6 heteroatoms. The Morgan fingerprint density at radius 1 is 1.27 bits per heavy atom. The van der Waals surface area contributed by atoms with Crippen molar-refractivity contribution in [1.29, 1.82) is 0 Å². The van der Waals surface area contributed by atoms with Crippen molar-refractivity contribution in [2.75, 3.05) is 19.7 Å². The Bertz CT molecular complexity index is 602. The number of piperidine rings is 1. The molecule has 2 atom stereocenters. The van der Waals surface area contributed by atoms with Gasteiger partial charge in [-0.05, 0) is 30.9 Å². The zero-order chi connectivity index (χ0) is 18.4. The second-order valence-electron chi connectivity index (χ2n) is 7.58. The predicted octanol–water partition coefficient (Wildman–Crippen LogP) is 1.99. The number of hydrogen-bond acceptors (Lipinski definition) is 4. The minimum Gasteiger partial charge on any atom is -0.396 e. The molecular weight excluding hydrogens is 330 g/mol. The van der Waals surface area contributed by atoms with Crippen LogP contribution >= 0.6 is 0 Å². The first-order chi connectivity index (χ1) is 12.7. The van der Waals surface area contributed by atoms with Crippen molar-refractivity contribution in [3.8, 4) is 0 Å². The van der Waals surface area contributed by atoms with Gasteiger partial charge in [0.15, 0.2) is 0 Å². The van der Waals surface area contributed by atoms with E-state index in [1.165, 1.54) is 31.9 Å². The topological polar surface area (TPSA) is 82.5 Å². The highest BCUT2D eigenvalue weighted by Gasteiger charge is 2.32. The number of amides is 2. The number of rotatable bonds is 6. The average molecular weight is 359 g/mol. The van der Waals surface area contributed by atoms with Gasteiger partial charge in [-0.3, -0.25) is 14.6 Å². The van der Waals surface area contributed by atoms with Crippen molar-refractivity contribution in [2.45, 2.75) is 51.0 Å². The van der Waals surface area contributed by atoms with E-state index in [-0.39, 0.29) is 30.4 Å². The summed E-state index contributed by atoms with van der Waals surface area (Å²) >= 11 is 0. The Kier molecular flexibility index (Phi) is 6.61. The second kappa shape index (κ2) is 9.12. The van der Waals surface area contributed by atoms with Crippen LogP contribution in [0, 0.1) is 11.8 Å². The maximum atomic E-state index is 12.5. The van der Waals surface area contributed by atoms with Crippen molar-refractivity contribution in [3.05, 3.63) is 30.1 Å². The summed E-state index contributed by atoms with van der Waals surface area (Å²) in [5.41, 5.74) is 0.513. The normalized spacial score (nSPS) is 23.8. The first-order valence-electron chi connectivity index (χ1n) is 9.77. The Balaban J connectivity index is 1.49. The van der Waals surface area contributed by atoms with Gasteiger partial charge in [0.1, 0.15) is 0 Å². The number of nitrogens with zero attached hydrogens (tertiary/aromatic N) is 2. The van der Waals surface area contributed by atoms with E-state index in [4.69, 9.17) is 0 Å². The Hall–Kier alpha value is -1.95. The molecule has 1 aromatic heterocycles. The lowest BCUT2D eigenvalue weighted by Crippen LogP contribution is -2.53. The Morgan fingerprint density at radius 3 is 2.77 bits per heavy atom. The molecule has 2 N–H and O–H groups in total. The predicted molar refractivity (Wildman–Crippen MR) is 98.5 cm³/mol. The molecule has 2 amide bonds. The molecule has 2 heterocycles. The van der Waals surface area contributed by atoms with Crippen LogP contribution in [0.1, 0.15) is 55.3 Å². The molecule has 142 valence electrons. The Morgan fingerprint density at radius 2 is 2.08 bits per heavy atom. The highest BCUT2D eigenvalue weighted by atomic mass is 16.3. The number of carbonyl (C=O) groups excluding carboxylic acids is 2. The summed E-state index contributed by atoms with van der Waals surface area (Å²) in [5, 5.41) is 12.7. The van der Waals surface area contributed by atoms with E-state index in [1.807, 2.05) is 4.90 Å². The average Bonchev–Trinajstić information content (AvgIpc) is 3.20. The number of aliphatic hydroxyl groups is 1. The minimum absolute atomic E-state index is 0.0373. The van der Waals surface area contributed by atoms with Crippen molar-refractivity contribution in [2.24, 2.45) is 11.8 Å². The third-order valence-electron chi connectivity index (χ3n) is 5.80. The van der Waals surface area contributed by atoms with Crippen LogP contribution in [0.5, 0.6) is 0 Å². The van der Waals surface area contributed by atoms with Crippen LogP contribution in [0.25, 0.3) is 0 Å². The molecule has 1 aliphatic carbocycles. The number of nitrogens with one attached hydrogen (secondary N) is 1. The van der Waals surface area contributed by atoms with Crippen molar-refractivity contribution < 1.29 is 14.7 Å². The van der Waals surface area contributed by atoms with Gasteiger partial charge in [0.05, 0.1) is 5.56 Å². The summed E-state index contributed by atoms with van der Waals surface area (Å²) in [5.74, 6) is 0.596. The van der Waals surface area contributed by atoms with E-state index < -0.39 is 0 Å². The van der Waals surface area contributed by atoms with Crippen LogP contribution in [0.2, 0.25) is 0 Å². The van der Waals surface area contributed by atoms with Crippen LogP contribution < -0.4 is 5.32 Å². The van der Waals surface area contributed by atoms with Gasteiger partial charge in [0.25, 0.3) is 5.91 Å². The number of aliphatic hydroxyl groups excluding tert-OH is 1. The monoisotopic (exact) mass is 359 g/mol. The number of hydrogen-bond donors (Lipinski definition) is 2. The number of carbonyl (C=O) groups is 2. The molecule has 3 rings (SSSR count). The number of likely N-dealkylation sites (tertiary alicyclic amines) is 1. The highest BCUT2D eigenvalue weighted by Crippen LogP contribution is 2.29. The van der Waals surface area contributed by atoms with Crippen molar-refractivity contribution >= 4 is 11.8 Å². The molecule has 0 spiro atoms. The fraction of sp³-hybridized carbons (Fsp3) is 0.650. The summed E-state index contributed by atoms with van der Waals surface area (Å²) in [7, 11) is 0. The first-order valence-corrected chi connectivity index (χ1v) is 9.77.